The second-order valence-electron chi connectivity index (χ2n) is 5.07. The summed E-state index contributed by atoms with van der Waals surface area (Å²) in [6.07, 6.45) is 3.88. The summed E-state index contributed by atoms with van der Waals surface area (Å²) < 4.78 is 0. The summed E-state index contributed by atoms with van der Waals surface area (Å²) in [7, 11) is 0. The maximum Gasteiger partial charge on any atom is 0.271 e. The van der Waals surface area contributed by atoms with Crippen molar-refractivity contribution in [3.8, 4) is 10.6 Å². The van der Waals surface area contributed by atoms with Crippen LogP contribution in [0.25, 0.3) is 10.6 Å². The van der Waals surface area contributed by atoms with Crippen LogP contribution in [0.3, 0.4) is 0 Å². The number of nitrogens with one attached hydrogen (secondary N) is 1. The Kier molecular flexibility index (Phi) is 4.78. The number of hydrogen-bond donors (Lipinski definition) is 1. The monoisotopic (exact) mass is 344 g/mol. The number of amides is 1. The lowest BCUT2D eigenvalue weighted by atomic mass is 10.3. The molecule has 23 heavy (non-hydrogen) atoms. The Morgan fingerprint density at radius 2 is 2.09 bits per heavy atom. The average molecular weight is 344 g/mol. The lowest BCUT2D eigenvalue weighted by Gasteiger charge is -2.03. The number of aryl methyl sites for hydroxylation is 2. The minimum atomic E-state index is -0.190. The molecule has 1 N–H and O–H groups in total. The Labute approximate surface area is 142 Å². The molecule has 0 aromatic carbocycles. The van der Waals surface area contributed by atoms with Crippen LogP contribution in [0.2, 0.25) is 0 Å². The molecule has 0 saturated heterocycles. The van der Waals surface area contributed by atoms with Crippen molar-refractivity contribution in [2.24, 2.45) is 0 Å². The standard InChI is InChI=1S/C16H16N4OS2/c1-10-7-19-13(8-18-10)16(21)17-6-5-12-3-4-15(23-12)14-9-22-11(2)20-14/h3-4,7-9H,5-6H2,1-2H3,(H,17,21). The zero-order chi connectivity index (χ0) is 16.2. The van der Waals surface area contributed by atoms with Crippen molar-refractivity contribution in [3.63, 3.8) is 0 Å². The molecular weight excluding hydrogens is 328 g/mol. The average Bonchev–Trinajstić information content (AvgIpc) is 3.17. The van der Waals surface area contributed by atoms with Crippen LogP contribution in [0.1, 0.15) is 26.1 Å². The van der Waals surface area contributed by atoms with Crippen LogP contribution in [-0.2, 0) is 6.42 Å². The Morgan fingerprint density at radius 3 is 2.78 bits per heavy atom. The van der Waals surface area contributed by atoms with Gasteiger partial charge in [0, 0.05) is 23.0 Å². The van der Waals surface area contributed by atoms with Gasteiger partial charge >= 0.3 is 0 Å². The third-order valence-electron chi connectivity index (χ3n) is 3.20. The second kappa shape index (κ2) is 6.97. The van der Waals surface area contributed by atoms with Crippen LogP contribution in [-0.4, -0.2) is 27.4 Å². The number of nitrogens with zero attached hydrogens (tertiary/aromatic N) is 3. The molecule has 0 atom stereocenters. The van der Waals surface area contributed by atoms with E-state index in [1.54, 1.807) is 28.9 Å². The molecule has 3 heterocycles. The summed E-state index contributed by atoms with van der Waals surface area (Å²) in [5.41, 5.74) is 2.17. The summed E-state index contributed by atoms with van der Waals surface area (Å²) in [5, 5.41) is 6.01. The number of thiazole rings is 1. The topological polar surface area (TPSA) is 67.8 Å². The molecule has 5 nitrogen and oxygen atoms in total. The number of carbonyl (C=O) groups is 1. The Bertz CT molecular complexity index is 808. The summed E-state index contributed by atoms with van der Waals surface area (Å²) in [4.78, 5) is 27.0. The van der Waals surface area contributed by atoms with E-state index in [1.165, 1.54) is 16.0 Å². The number of carbonyl (C=O) groups excluding carboxylic acids is 1. The minimum Gasteiger partial charge on any atom is -0.350 e. The first-order chi connectivity index (χ1) is 11.1. The molecule has 0 fully saturated rings. The van der Waals surface area contributed by atoms with Crippen LogP contribution >= 0.6 is 22.7 Å². The number of aromatic nitrogens is 3. The van der Waals surface area contributed by atoms with Crippen LogP contribution in [0.4, 0.5) is 0 Å². The van der Waals surface area contributed by atoms with Gasteiger partial charge in [-0.2, -0.15) is 0 Å². The lowest BCUT2D eigenvalue weighted by molar-refractivity contribution is 0.0949. The van der Waals surface area contributed by atoms with E-state index < -0.39 is 0 Å². The van der Waals surface area contributed by atoms with E-state index in [-0.39, 0.29) is 5.91 Å². The highest BCUT2D eigenvalue weighted by Crippen LogP contribution is 2.29. The first-order valence-corrected chi connectivity index (χ1v) is 8.89. The predicted molar refractivity (Wildman–Crippen MR) is 93.0 cm³/mol. The molecule has 0 spiro atoms. The van der Waals surface area contributed by atoms with Gasteiger partial charge in [0.2, 0.25) is 0 Å². The Morgan fingerprint density at radius 1 is 1.22 bits per heavy atom. The highest BCUT2D eigenvalue weighted by molar-refractivity contribution is 7.16. The van der Waals surface area contributed by atoms with E-state index in [4.69, 9.17) is 0 Å². The van der Waals surface area contributed by atoms with E-state index in [0.717, 1.165) is 22.8 Å². The van der Waals surface area contributed by atoms with E-state index in [2.05, 4.69) is 37.8 Å². The fourth-order valence-corrected chi connectivity index (χ4v) is 3.68. The maximum atomic E-state index is 12.0. The molecule has 3 aromatic heterocycles. The van der Waals surface area contributed by atoms with Crippen LogP contribution in [0.15, 0.2) is 29.9 Å². The zero-order valence-electron chi connectivity index (χ0n) is 12.9. The SMILES string of the molecule is Cc1cnc(C(=O)NCCc2ccc(-c3csc(C)n3)s2)cn1. The molecule has 1 amide bonds. The molecule has 0 aliphatic rings. The Balaban J connectivity index is 1.54. The van der Waals surface area contributed by atoms with Gasteiger partial charge in [0.1, 0.15) is 5.69 Å². The van der Waals surface area contributed by atoms with E-state index in [1.807, 2.05) is 13.8 Å². The first-order valence-electron chi connectivity index (χ1n) is 7.20. The van der Waals surface area contributed by atoms with Gasteiger partial charge in [0.15, 0.2) is 0 Å². The Hall–Kier alpha value is -2.12. The lowest BCUT2D eigenvalue weighted by Crippen LogP contribution is -2.26. The molecule has 0 saturated carbocycles. The first kappa shape index (κ1) is 15.8. The largest absolute Gasteiger partial charge is 0.350 e. The molecule has 118 valence electrons. The summed E-state index contributed by atoms with van der Waals surface area (Å²) >= 11 is 3.37. The van der Waals surface area contributed by atoms with E-state index in [0.29, 0.717) is 12.2 Å². The van der Waals surface area contributed by atoms with Crippen LogP contribution in [0.5, 0.6) is 0 Å². The molecule has 0 aliphatic heterocycles. The fraction of sp³-hybridized carbons (Fsp3) is 0.250. The van der Waals surface area contributed by atoms with Crippen molar-refractivity contribution in [2.75, 3.05) is 6.54 Å². The summed E-state index contributed by atoms with van der Waals surface area (Å²) in [6, 6.07) is 4.17. The van der Waals surface area contributed by atoms with Crippen molar-refractivity contribution >= 4 is 28.6 Å². The van der Waals surface area contributed by atoms with Gasteiger partial charge in [-0.1, -0.05) is 0 Å². The van der Waals surface area contributed by atoms with Gasteiger partial charge in [-0.05, 0) is 32.4 Å². The minimum absolute atomic E-state index is 0.190. The maximum absolute atomic E-state index is 12.0. The molecule has 0 aliphatic carbocycles. The molecule has 0 unspecified atom stereocenters. The number of hydrogen-bond acceptors (Lipinski definition) is 6. The van der Waals surface area contributed by atoms with Crippen LogP contribution in [0, 0.1) is 13.8 Å². The van der Waals surface area contributed by atoms with Gasteiger partial charge in [-0.15, -0.1) is 22.7 Å². The highest BCUT2D eigenvalue weighted by atomic mass is 32.1. The van der Waals surface area contributed by atoms with Crippen LogP contribution < -0.4 is 5.32 Å². The highest BCUT2D eigenvalue weighted by Gasteiger charge is 2.09. The van der Waals surface area contributed by atoms with Crippen molar-refractivity contribution in [2.45, 2.75) is 20.3 Å². The normalized spacial score (nSPS) is 10.7. The van der Waals surface area contributed by atoms with E-state index in [9.17, 15) is 4.79 Å². The third-order valence-corrected chi connectivity index (χ3v) is 5.14. The van der Waals surface area contributed by atoms with Gasteiger partial charge in [-0.25, -0.2) is 9.97 Å². The quantitative estimate of drug-likeness (QED) is 0.771. The summed E-state index contributed by atoms with van der Waals surface area (Å²) in [5.74, 6) is -0.190. The molecule has 3 aromatic rings. The van der Waals surface area contributed by atoms with Crippen molar-refractivity contribution in [3.05, 3.63) is 51.2 Å². The van der Waals surface area contributed by atoms with Gasteiger partial charge in [0.25, 0.3) is 5.91 Å². The van der Waals surface area contributed by atoms with Gasteiger partial charge in [0.05, 0.1) is 27.5 Å². The van der Waals surface area contributed by atoms with Crippen molar-refractivity contribution in [1.29, 1.82) is 0 Å². The third kappa shape index (κ3) is 4.00. The molecule has 0 radical (unpaired) electrons. The molecule has 0 bridgehead atoms. The number of rotatable bonds is 5. The molecule has 3 rings (SSSR count). The summed E-state index contributed by atoms with van der Waals surface area (Å²) in [6.45, 7) is 4.42. The van der Waals surface area contributed by atoms with Gasteiger partial charge < -0.3 is 5.32 Å². The van der Waals surface area contributed by atoms with E-state index >= 15 is 0 Å². The zero-order valence-corrected chi connectivity index (χ0v) is 14.5. The molecular formula is C16H16N4OS2. The van der Waals surface area contributed by atoms with Crippen molar-refractivity contribution < 1.29 is 4.79 Å². The smallest absolute Gasteiger partial charge is 0.271 e. The number of thiophene rings is 1. The molecule has 7 heteroatoms. The van der Waals surface area contributed by atoms with Crippen molar-refractivity contribution in [1.82, 2.24) is 20.3 Å². The fourth-order valence-electron chi connectivity index (χ4n) is 2.03. The predicted octanol–water partition coefficient (Wildman–Crippen LogP) is 3.25. The van der Waals surface area contributed by atoms with Gasteiger partial charge in [-0.3, -0.25) is 9.78 Å². The second-order valence-corrected chi connectivity index (χ2v) is 7.30.